The van der Waals surface area contributed by atoms with E-state index in [9.17, 15) is 4.79 Å². The van der Waals surface area contributed by atoms with Crippen LogP contribution >= 0.6 is 11.8 Å². The lowest BCUT2D eigenvalue weighted by Gasteiger charge is -2.20. The van der Waals surface area contributed by atoms with E-state index in [1.807, 2.05) is 51.1 Å². The van der Waals surface area contributed by atoms with Crippen LogP contribution in [0.2, 0.25) is 0 Å². The molecule has 1 amide bonds. The van der Waals surface area contributed by atoms with Crippen molar-refractivity contribution >= 4 is 17.7 Å². The summed E-state index contributed by atoms with van der Waals surface area (Å²) in [7, 11) is 0. The number of nitrogens with one attached hydrogen (secondary N) is 1. The highest BCUT2D eigenvalue weighted by atomic mass is 32.2. The average molecular weight is 375 g/mol. The van der Waals surface area contributed by atoms with Crippen LogP contribution in [-0.4, -0.2) is 44.7 Å². The smallest absolute Gasteiger partial charge is 0.230 e. The maximum absolute atomic E-state index is 12.2. The maximum atomic E-state index is 12.2. The second-order valence-electron chi connectivity index (χ2n) is 7.50. The molecule has 0 unspecified atom stereocenters. The predicted octanol–water partition coefficient (Wildman–Crippen LogP) is 3.13. The van der Waals surface area contributed by atoms with Gasteiger partial charge in [0.25, 0.3) is 0 Å². The second kappa shape index (κ2) is 8.22. The Labute approximate surface area is 158 Å². The standard InChI is InChI=1S/C19H26N4O2S/c1-19(2,3)20-16(24)13-26-18-22-21-17(14-8-5-4-6-9-14)23(18)12-15-10-7-11-25-15/h4-6,8-9,15H,7,10-13H2,1-3H3,(H,20,24)/t15-/m1/s1. The minimum Gasteiger partial charge on any atom is -0.376 e. The zero-order valence-electron chi connectivity index (χ0n) is 15.6. The number of rotatable bonds is 6. The molecular weight excluding hydrogens is 348 g/mol. The highest BCUT2D eigenvalue weighted by molar-refractivity contribution is 7.99. The Balaban J connectivity index is 1.78. The van der Waals surface area contributed by atoms with E-state index < -0.39 is 0 Å². The molecule has 1 aliphatic rings. The summed E-state index contributed by atoms with van der Waals surface area (Å²) in [6, 6.07) is 10.0. The number of aromatic nitrogens is 3. The Morgan fingerprint density at radius 2 is 2.08 bits per heavy atom. The molecule has 1 N–H and O–H groups in total. The second-order valence-corrected chi connectivity index (χ2v) is 8.45. The van der Waals surface area contributed by atoms with Gasteiger partial charge in [0.1, 0.15) is 0 Å². The van der Waals surface area contributed by atoms with Crippen molar-refractivity contribution in [2.75, 3.05) is 12.4 Å². The summed E-state index contributed by atoms with van der Waals surface area (Å²) < 4.78 is 7.88. The molecule has 1 aromatic carbocycles. The maximum Gasteiger partial charge on any atom is 0.230 e. The van der Waals surface area contributed by atoms with Gasteiger partial charge in [0.15, 0.2) is 11.0 Å². The van der Waals surface area contributed by atoms with Crippen LogP contribution in [0, 0.1) is 0 Å². The topological polar surface area (TPSA) is 69.0 Å². The number of carbonyl (C=O) groups is 1. The molecule has 6 nitrogen and oxygen atoms in total. The van der Waals surface area contributed by atoms with E-state index in [4.69, 9.17) is 4.74 Å². The van der Waals surface area contributed by atoms with E-state index in [2.05, 4.69) is 20.1 Å². The van der Waals surface area contributed by atoms with Crippen LogP contribution in [0.1, 0.15) is 33.6 Å². The molecule has 0 spiro atoms. The lowest BCUT2D eigenvalue weighted by atomic mass is 10.1. The van der Waals surface area contributed by atoms with Gasteiger partial charge in [-0.15, -0.1) is 10.2 Å². The lowest BCUT2D eigenvalue weighted by molar-refractivity contribution is -0.119. The van der Waals surface area contributed by atoms with Crippen LogP contribution in [0.25, 0.3) is 11.4 Å². The molecule has 2 aromatic rings. The third kappa shape index (κ3) is 5.08. The van der Waals surface area contributed by atoms with Gasteiger partial charge in [0.05, 0.1) is 18.4 Å². The summed E-state index contributed by atoms with van der Waals surface area (Å²) in [6.07, 6.45) is 2.31. The molecule has 1 fully saturated rings. The van der Waals surface area contributed by atoms with E-state index in [1.54, 1.807) is 0 Å². The Hall–Kier alpha value is -1.86. The van der Waals surface area contributed by atoms with E-state index >= 15 is 0 Å². The quantitative estimate of drug-likeness (QED) is 0.787. The number of thioether (sulfide) groups is 1. The van der Waals surface area contributed by atoms with E-state index in [0.717, 1.165) is 36.0 Å². The highest BCUT2D eigenvalue weighted by Crippen LogP contribution is 2.26. The largest absolute Gasteiger partial charge is 0.376 e. The fraction of sp³-hybridized carbons (Fsp3) is 0.526. The minimum atomic E-state index is -0.238. The van der Waals surface area contributed by atoms with Gasteiger partial charge in [-0.05, 0) is 33.6 Å². The number of nitrogens with zero attached hydrogens (tertiary/aromatic N) is 3. The Kier molecular flexibility index (Phi) is 5.98. The summed E-state index contributed by atoms with van der Waals surface area (Å²) in [6.45, 7) is 7.44. The predicted molar refractivity (Wildman–Crippen MR) is 103 cm³/mol. The van der Waals surface area contributed by atoms with Gasteiger partial charge in [-0.25, -0.2) is 0 Å². The van der Waals surface area contributed by atoms with E-state index in [0.29, 0.717) is 12.3 Å². The number of ether oxygens (including phenoxy) is 1. The van der Waals surface area contributed by atoms with Gasteiger partial charge < -0.3 is 10.1 Å². The first-order valence-electron chi connectivity index (χ1n) is 8.96. The van der Waals surface area contributed by atoms with Crippen molar-refractivity contribution < 1.29 is 9.53 Å². The van der Waals surface area contributed by atoms with E-state index in [-0.39, 0.29) is 17.6 Å². The summed E-state index contributed by atoms with van der Waals surface area (Å²) >= 11 is 1.42. The van der Waals surface area contributed by atoms with Gasteiger partial charge in [-0.3, -0.25) is 9.36 Å². The number of hydrogen-bond donors (Lipinski definition) is 1. The first-order valence-corrected chi connectivity index (χ1v) is 9.95. The van der Waals surface area contributed by atoms with Gasteiger partial charge in [0, 0.05) is 17.7 Å². The first kappa shape index (κ1) is 18.9. The molecule has 7 heteroatoms. The first-order chi connectivity index (χ1) is 12.4. The molecule has 1 atom stereocenters. The van der Waals surface area contributed by atoms with Gasteiger partial charge in [-0.2, -0.15) is 0 Å². The van der Waals surface area contributed by atoms with Crippen LogP contribution in [0.3, 0.4) is 0 Å². The van der Waals surface area contributed by atoms with Crippen LogP contribution < -0.4 is 5.32 Å². The molecule has 2 heterocycles. The van der Waals surface area contributed by atoms with Crippen molar-refractivity contribution in [1.82, 2.24) is 20.1 Å². The summed E-state index contributed by atoms with van der Waals surface area (Å²) in [5, 5.41) is 12.5. The summed E-state index contributed by atoms with van der Waals surface area (Å²) in [4.78, 5) is 12.2. The fourth-order valence-electron chi connectivity index (χ4n) is 2.94. The lowest BCUT2D eigenvalue weighted by Crippen LogP contribution is -2.41. The third-order valence-electron chi connectivity index (χ3n) is 4.01. The van der Waals surface area contributed by atoms with Gasteiger partial charge in [0.2, 0.25) is 5.91 Å². The molecule has 26 heavy (non-hydrogen) atoms. The Morgan fingerprint density at radius 1 is 1.31 bits per heavy atom. The molecule has 0 bridgehead atoms. The molecule has 1 aliphatic heterocycles. The van der Waals surface area contributed by atoms with Gasteiger partial charge >= 0.3 is 0 Å². The van der Waals surface area contributed by atoms with Gasteiger partial charge in [-0.1, -0.05) is 42.1 Å². The normalized spacial score (nSPS) is 17.4. The van der Waals surface area contributed by atoms with Crippen LogP contribution in [0.5, 0.6) is 0 Å². The molecule has 0 saturated carbocycles. The number of amides is 1. The van der Waals surface area contributed by atoms with Crippen LogP contribution in [-0.2, 0) is 16.1 Å². The van der Waals surface area contributed by atoms with Crippen molar-refractivity contribution in [2.45, 2.75) is 57.0 Å². The zero-order chi connectivity index (χ0) is 18.6. The van der Waals surface area contributed by atoms with Crippen LogP contribution in [0.15, 0.2) is 35.5 Å². The van der Waals surface area contributed by atoms with Crippen molar-refractivity contribution in [3.63, 3.8) is 0 Å². The van der Waals surface area contributed by atoms with Crippen molar-refractivity contribution in [3.05, 3.63) is 30.3 Å². The molecule has 1 aromatic heterocycles. The number of hydrogen-bond acceptors (Lipinski definition) is 5. The Bertz CT molecular complexity index is 734. The molecule has 0 radical (unpaired) electrons. The molecule has 140 valence electrons. The van der Waals surface area contributed by atoms with Crippen molar-refractivity contribution in [1.29, 1.82) is 0 Å². The molecule has 3 rings (SSSR count). The fourth-order valence-corrected chi connectivity index (χ4v) is 3.69. The SMILES string of the molecule is CC(C)(C)NC(=O)CSc1nnc(-c2ccccc2)n1C[C@H]1CCCO1. The molecule has 0 aliphatic carbocycles. The number of carbonyl (C=O) groups excluding carboxylic acids is 1. The third-order valence-corrected chi connectivity index (χ3v) is 4.97. The highest BCUT2D eigenvalue weighted by Gasteiger charge is 2.22. The minimum absolute atomic E-state index is 0.00423. The van der Waals surface area contributed by atoms with E-state index in [1.165, 1.54) is 11.8 Å². The Morgan fingerprint density at radius 3 is 2.73 bits per heavy atom. The average Bonchev–Trinajstić information content (AvgIpc) is 3.23. The monoisotopic (exact) mass is 374 g/mol. The molecular formula is C19H26N4O2S. The molecule has 1 saturated heterocycles. The van der Waals surface area contributed by atoms with Crippen LogP contribution in [0.4, 0.5) is 0 Å². The summed E-state index contributed by atoms with van der Waals surface area (Å²) in [5.74, 6) is 1.13. The van der Waals surface area contributed by atoms with Crippen molar-refractivity contribution in [3.8, 4) is 11.4 Å². The zero-order valence-corrected chi connectivity index (χ0v) is 16.4. The summed E-state index contributed by atoms with van der Waals surface area (Å²) in [5.41, 5.74) is 0.780. The number of benzene rings is 1. The van der Waals surface area contributed by atoms with Crippen molar-refractivity contribution in [2.24, 2.45) is 0 Å².